The highest BCUT2D eigenvalue weighted by molar-refractivity contribution is 6.31. The predicted octanol–water partition coefficient (Wildman–Crippen LogP) is 4.49. The van der Waals surface area contributed by atoms with Gasteiger partial charge in [-0.1, -0.05) is 35.9 Å². The molecule has 0 bridgehead atoms. The Hall–Kier alpha value is -2.79. The molecule has 0 aliphatic rings. The molecule has 0 fully saturated rings. The standard InChI is InChI=1S/C18H17ClN4O/c1-24-15-7-4-6-14(11-15)22-18-20-10-9-17(23-18)21-12-13-5-2-3-8-16(13)19/h2-11H,12H2,1H3,(H2,20,21,22,23). The number of halogens is 1. The molecule has 0 aliphatic carbocycles. The fourth-order valence-corrected chi connectivity index (χ4v) is 2.38. The Morgan fingerprint density at radius 1 is 1.08 bits per heavy atom. The largest absolute Gasteiger partial charge is 0.497 e. The van der Waals surface area contributed by atoms with Crippen molar-refractivity contribution in [3.05, 3.63) is 71.4 Å². The molecule has 0 spiro atoms. The van der Waals surface area contributed by atoms with Crippen molar-refractivity contribution < 1.29 is 4.74 Å². The van der Waals surface area contributed by atoms with Crippen molar-refractivity contribution in [2.75, 3.05) is 17.7 Å². The summed E-state index contributed by atoms with van der Waals surface area (Å²) >= 11 is 6.16. The summed E-state index contributed by atoms with van der Waals surface area (Å²) < 4.78 is 5.21. The summed E-state index contributed by atoms with van der Waals surface area (Å²) in [6, 6.07) is 17.1. The number of aromatic nitrogens is 2. The molecule has 2 N–H and O–H groups in total. The number of rotatable bonds is 6. The first-order valence-electron chi connectivity index (χ1n) is 7.46. The van der Waals surface area contributed by atoms with Crippen LogP contribution in [0.25, 0.3) is 0 Å². The minimum atomic E-state index is 0.507. The molecule has 3 rings (SSSR count). The maximum atomic E-state index is 6.16. The number of ether oxygens (including phenoxy) is 1. The van der Waals surface area contributed by atoms with Crippen LogP contribution >= 0.6 is 11.6 Å². The van der Waals surface area contributed by atoms with Crippen LogP contribution in [0.1, 0.15) is 5.56 Å². The fourth-order valence-electron chi connectivity index (χ4n) is 2.17. The predicted molar refractivity (Wildman–Crippen MR) is 97.1 cm³/mol. The summed E-state index contributed by atoms with van der Waals surface area (Å²) in [6.07, 6.45) is 1.70. The molecule has 24 heavy (non-hydrogen) atoms. The molecule has 3 aromatic rings. The second-order valence-corrected chi connectivity index (χ2v) is 5.47. The Balaban J connectivity index is 1.68. The van der Waals surface area contributed by atoms with Crippen molar-refractivity contribution in [3.63, 3.8) is 0 Å². The van der Waals surface area contributed by atoms with Gasteiger partial charge in [-0.25, -0.2) is 4.98 Å². The highest BCUT2D eigenvalue weighted by Gasteiger charge is 2.03. The summed E-state index contributed by atoms with van der Waals surface area (Å²) in [5, 5.41) is 7.14. The minimum Gasteiger partial charge on any atom is -0.497 e. The second kappa shape index (κ2) is 7.66. The summed E-state index contributed by atoms with van der Waals surface area (Å²) in [7, 11) is 1.63. The number of nitrogens with one attached hydrogen (secondary N) is 2. The summed E-state index contributed by atoms with van der Waals surface area (Å²) in [5.74, 6) is 2.00. The smallest absolute Gasteiger partial charge is 0.229 e. The first-order valence-corrected chi connectivity index (χ1v) is 7.84. The van der Waals surface area contributed by atoms with Crippen LogP contribution < -0.4 is 15.4 Å². The Kier molecular flexibility index (Phi) is 5.13. The highest BCUT2D eigenvalue weighted by atomic mass is 35.5. The fraction of sp³-hybridized carbons (Fsp3) is 0.111. The van der Waals surface area contributed by atoms with Gasteiger partial charge in [-0.15, -0.1) is 0 Å². The van der Waals surface area contributed by atoms with Crippen LogP contribution in [0, 0.1) is 0 Å². The number of methoxy groups -OCH3 is 1. The molecule has 1 aromatic heterocycles. The Morgan fingerprint density at radius 2 is 1.96 bits per heavy atom. The first-order chi connectivity index (χ1) is 11.7. The third-order valence-corrected chi connectivity index (χ3v) is 3.77. The molecule has 0 saturated heterocycles. The van der Waals surface area contributed by atoms with Crippen LogP contribution in [-0.4, -0.2) is 17.1 Å². The monoisotopic (exact) mass is 340 g/mol. The number of nitrogens with zero attached hydrogens (tertiary/aromatic N) is 2. The molecular weight excluding hydrogens is 324 g/mol. The summed E-state index contributed by atoms with van der Waals surface area (Å²) in [6.45, 7) is 0.593. The molecule has 5 nitrogen and oxygen atoms in total. The van der Waals surface area contributed by atoms with Gasteiger partial charge in [0.05, 0.1) is 7.11 Å². The van der Waals surface area contributed by atoms with E-state index in [1.165, 1.54) is 0 Å². The molecule has 0 unspecified atom stereocenters. The Morgan fingerprint density at radius 3 is 2.79 bits per heavy atom. The van der Waals surface area contributed by atoms with Gasteiger partial charge in [0.2, 0.25) is 5.95 Å². The van der Waals surface area contributed by atoms with Crippen LogP contribution in [0.15, 0.2) is 60.8 Å². The molecular formula is C18H17ClN4O. The van der Waals surface area contributed by atoms with Gasteiger partial charge in [-0.3, -0.25) is 0 Å². The number of anilines is 3. The van der Waals surface area contributed by atoms with Gasteiger partial charge in [0.15, 0.2) is 0 Å². The third kappa shape index (κ3) is 4.14. The van der Waals surface area contributed by atoms with Crippen molar-refractivity contribution in [3.8, 4) is 5.75 Å². The number of hydrogen-bond donors (Lipinski definition) is 2. The molecule has 122 valence electrons. The minimum absolute atomic E-state index is 0.507. The summed E-state index contributed by atoms with van der Waals surface area (Å²) in [5.41, 5.74) is 1.87. The van der Waals surface area contributed by atoms with E-state index in [-0.39, 0.29) is 0 Å². The van der Waals surface area contributed by atoms with Crippen LogP contribution in [0.3, 0.4) is 0 Å². The van der Waals surface area contributed by atoms with E-state index in [0.717, 1.165) is 27.8 Å². The van der Waals surface area contributed by atoms with E-state index in [1.54, 1.807) is 13.3 Å². The van der Waals surface area contributed by atoms with Gasteiger partial charge >= 0.3 is 0 Å². The van der Waals surface area contributed by atoms with Crippen molar-refractivity contribution in [1.29, 1.82) is 0 Å². The van der Waals surface area contributed by atoms with E-state index >= 15 is 0 Å². The topological polar surface area (TPSA) is 59.1 Å². The zero-order chi connectivity index (χ0) is 16.8. The van der Waals surface area contributed by atoms with Gasteiger partial charge in [0.25, 0.3) is 0 Å². The molecule has 2 aromatic carbocycles. The van der Waals surface area contributed by atoms with E-state index in [0.29, 0.717) is 12.5 Å². The van der Waals surface area contributed by atoms with Gasteiger partial charge < -0.3 is 15.4 Å². The maximum absolute atomic E-state index is 6.16. The lowest BCUT2D eigenvalue weighted by molar-refractivity contribution is 0.415. The van der Waals surface area contributed by atoms with Crippen molar-refractivity contribution in [1.82, 2.24) is 9.97 Å². The SMILES string of the molecule is COc1cccc(Nc2nccc(NCc3ccccc3Cl)n2)c1. The van der Waals surface area contributed by atoms with E-state index in [1.807, 2.05) is 54.6 Å². The van der Waals surface area contributed by atoms with Gasteiger partial charge in [-0.2, -0.15) is 4.98 Å². The van der Waals surface area contributed by atoms with Crippen LogP contribution in [-0.2, 0) is 6.54 Å². The number of benzene rings is 2. The van der Waals surface area contributed by atoms with E-state index in [4.69, 9.17) is 16.3 Å². The van der Waals surface area contributed by atoms with E-state index in [9.17, 15) is 0 Å². The molecule has 0 saturated carbocycles. The second-order valence-electron chi connectivity index (χ2n) is 5.07. The van der Waals surface area contributed by atoms with Crippen molar-refractivity contribution >= 4 is 29.1 Å². The normalized spacial score (nSPS) is 10.2. The summed E-state index contributed by atoms with van der Waals surface area (Å²) in [4.78, 5) is 8.68. The van der Waals surface area contributed by atoms with Gasteiger partial charge in [-0.05, 0) is 29.8 Å². The van der Waals surface area contributed by atoms with Crippen LogP contribution in [0.5, 0.6) is 5.75 Å². The molecule has 0 atom stereocenters. The van der Waals surface area contributed by atoms with Crippen LogP contribution in [0.4, 0.5) is 17.5 Å². The lowest BCUT2D eigenvalue weighted by Crippen LogP contribution is -2.04. The molecule has 0 amide bonds. The molecule has 1 heterocycles. The highest BCUT2D eigenvalue weighted by Crippen LogP contribution is 2.20. The lowest BCUT2D eigenvalue weighted by atomic mass is 10.2. The van der Waals surface area contributed by atoms with Gasteiger partial charge in [0.1, 0.15) is 11.6 Å². The molecule has 0 radical (unpaired) electrons. The maximum Gasteiger partial charge on any atom is 0.229 e. The van der Waals surface area contributed by atoms with Crippen molar-refractivity contribution in [2.24, 2.45) is 0 Å². The third-order valence-electron chi connectivity index (χ3n) is 3.40. The zero-order valence-electron chi connectivity index (χ0n) is 13.2. The quantitative estimate of drug-likeness (QED) is 0.692. The van der Waals surface area contributed by atoms with Crippen LogP contribution in [0.2, 0.25) is 5.02 Å². The molecule has 0 aliphatic heterocycles. The van der Waals surface area contributed by atoms with Gasteiger partial charge in [0, 0.05) is 29.5 Å². The average Bonchev–Trinajstić information content (AvgIpc) is 2.61. The molecule has 6 heteroatoms. The zero-order valence-corrected chi connectivity index (χ0v) is 13.9. The Labute approximate surface area is 145 Å². The first kappa shape index (κ1) is 16.1. The Bertz CT molecular complexity index is 825. The average molecular weight is 341 g/mol. The van der Waals surface area contributed by atoms with E-state index < -0.39 is 0 Å². The van der Waals surface area contributed by atoms with E-state index in [2.05, 4.69) is 20.6 Å². The number of hydrogen-bond acceptors (Lipinski definition) is 5. The lowest BCUT2D eigenvalue weighted by Gasteiger charge is -2.10. The van der Waals surface area contributed by atoms with Crippen molar-refractivity contribution in [2.45, 2.75) is 6.54 Å².